The fourth-order valence-corrected chi connectivity index (χ4v) is 2.89. The first-order chi connectivity index (χ1) is 11.1. The van der Waals surface area contributed by atoms with Crippen LogP contribution in [0.2, 0.25) is 0 Å². The molecule has 0 aliphatic carbocycles. The highest BCUT2D eigenvalue weighted by molar-refractivity contribution is 5.79. The van der Waals surface area contributed by atoms with Crippen molar-refractivity contribution in [1.82, 2.24) is 9.80 Å². The molecule has 1 aliphatic heterocycles. The minimum atomic E-state index is 0.164. The van der Waals surface area contributed by atoms with E-state index in [1.165, 1.54) is 5.56 Å². The van der Waals surface area contributed by atoms with E-state index in [0.29, 0.717) is 25.9 Å². The van der Waals surface area contributed by atoms with Gasteiger partial charge >= 0.3 is 0 Å². The number of unbranched alkanes of at least 4 members (excludes halogenated alkanes) is 1. The number of amides is 2. The molecule has 0 bridgehead atoms. The molecule has 0 saturated carbocycles. The van der Waals surface area contributed by atoms with Crippen LogP contribution in [0.15, 0.2) is 24.3 Å². The van der Waals surface area contributed by atoms with Crippen LogP contribution in [0.1, 0.15) is 43.7 Å². The monoisotopic (exact) mass is 316 g/mol. The van der Waals surface area contributed by atoms with Crippen LogP contribution in [0, 0.1) is 6.92 Å². The molecule has 0 radical (unpaired) electrons. The molecule has 2 amide bonds. The fourth-order valence-electron chi connectivity index (χ4n) is 2.89. The summed E-state index contributed by atoms with van der Waals surface area (Å²) in [4.78, 5) is 28.4. The molecule has 1 aromatic rings. The lowest BCUT2D eigenvalue weighted by atomic mass is 10.1. The van der Waals surface area contributed by atoms with Crippen molar-refractivity contribution in [1.29, 1.82) is 0 Å². The summed E-state index contributed by atoms with van der Waals surface area (Å²) in [6.45, 7) is 7.00. The Kier molecular flexibility index (Phi) is 6.63. The van der Waals surface area contributed by atoms with E-state index in [9.17, 15) is 9.59 Å². The number of benzene rings is 1. The van der Waals surface area contributed by atoms with E-state index < -0.39 is 0 Å². The van der Waals surface area contributed by atoms with Gasteiger partial charge in [0.1, 0.15) is 0 Å². The van der Waals surface area contributed by atoms with Gasteiger partial charge < -0.3 is 9.80 Å². The maximum atomic E-state index is 12.5. The van der Waals surface area contributed by atoms with E-state index in [1.807, 2.05) is 41.0 Å². The number of carbonyl (C=O) groups is 2. The predicted octanol–water partition coefficient (Wildman–Crippen LogP) is 2.79. The van der Waals surface area contributed by atoms with Crippen LogP contribution in [0.3, 0.4) is 0 Å². The lowest BCUT2D eigenvalue weighted by molar-refractivity contribution is -0.133. The summed E-state index contributed by atoms with van der Waals surface area (Å²) < 4.78 is 0. The molecule has 23 heavy (non-hydrogen) atoms. The van der Waals surface area contributed by atoms with Crippen LogP contribution in [0.25, 0.3) is 0 Å². The van der Waals surface area contributed by atoms with Crippen molar-refractivity contribution in [2.45, 2.75) is 46.0 Å². The molecule has 1 aliphatic rings. The van der Waals surface area contributed by atoms with Crippen LogP contribution < -0.4 is 0 Å². The Morgan fingerprint density at radius 2 is 1.57 bits per heavy atom. The number of rotatable bonds is 5. The van der Waals surface area contributed by atoms with Crippen LogP contribution in [-0.4, -0.2) is 47.8 Å². The largest absolute Gasteiger partial charge is 0.341 e. The standard InChI is InChI=1S/C19H28N2O2/c1-3-4-6-18(22)20-11-5-12-21(14-13-20)19(23)15-17-9-7-16(2)8-10-17/h7-10H,3-6,11-15H2,1-2H3. The molecule has 2 rings (SSSR count). The minimum absolute atomic E-state index is 0.164. The quantitative estimate of drug-likeness (QED) is 0.838. The number of carbonyl (C=O) groups excluding carboxylic acids is 2. The van der Waals surface area contributed by atoms with Crippen LogP contribution in [0.5, 0.6) is 0 Å². The summed E-state index contributed by atoms with van der Waals surface area (Å²) in [7, 11) is 0. The predicted molar refractivity (Wildman–Crippen MR) is 92.2 cm³/mol. The van der Waals surface area contributed by atoms with Crippen LogP contribution in [0.4, 0.5) is 0 Å². The second-order valence-corrected chi connectivity index (χ2v) is 6.38. The molecule has 0 N–H and O–H groups in total. The van der Waals surface area contributed by atoms with Gasteiger partial charge in [0.2, 0.25) is 11.8 Å². The Morgan fingerprint density at radius 3 is 2.17 bits per heavy atom. The average molecular weight is 316 g/mol. The molecule has 0 spiro atoms. The van der Waals surface area contributed by atoms with Gasteiger partial charge in [0.15, 0.2) is 0 Å². The zero-order valence-corrected chi connectivity index (χ0v) is 14.4. The van der Waals surface area contributed by atoms with Crippen molar-refractivity contribution < 1.29 is 9.59 Å². The Balaban J connectivity index is 1.85. The average Bonchev–Trinajstić information content (AvgIpc) is 2.81. The molecule has 126 valence electrons. The second-order valence-electron chi connectivity index (χ2n) is 6.38. The van der Waals surface area contributed by atoms with Gasteiger partial charge in [-0.15, -0.1) is 0 Å². The van der Waals surface area contributed by atoms with E-state index >= 15 is 0 Å². The van der Waals surface area contributed by atoms with E-state index in [4.69, 9.17) is 0 Å². The van der Waals surface area contributed by atoms with Crippen LogP contribution in [-0.2, 0) is 16.0 Å². The Bertz CT molecular complexity index is 525. The molecule has 0 atom stereocenters. The molecule has 1 aromatic carbocycles. The molecular weight excluding hydrogens is 288 g/mol. The normalized spacial score (nSPS) is 15.4. The lowest BCUT2D eigenvalue weighted by Gasteiger charge is -2.22. The highest BCUT2D eigenvalue weighted by atomic mass is 16.2. The van der Waals surface area contributed by atoms with E-state index in [1.54, 1.807) is 0 Å². The summed E-state index contributed by atoms with van der Waals surface area (Å²) in [6, 6.07) is 8.12. The topological polar surface area (TPSA) is 40.6 Å². The van der Waals surface area contributed by atoms with Gasteiger partial charge in [0, 0.05) is 32.6 Å². The second kappa shape index (κ2) is 8.70. The van der Waals surface area contributed by atoms with Crippen LogP contribution >= 0.6 is 0 Å². The number of hydrogen-bond acceptors (Lipinski definition) is 2. The Morgan fingerprint density at radius 1 is 0.957 bits per heavy atom. The van der Waals surface area contributed by atoms with Gasteiger partial charge in [-0.1, -0.05) is 43.2 Å². The summed E-state index contributed by atoms with van der Waals surface area (Å²) in [5, 5.41) is 0. The molecule has 1 saturated heterocycles. The van der Waals surface area contributed by atoms with Crippen molar-refractivity contribution >= 4 is 11.8 Å². The maximum absolute atomic E-state index is 12.5. The third kappa shape index (κ3) is 5.38. The zero-order chi connectivity index (χ0) is 16.7. The van der Waals surface area contributed by atoms with Gasteiger partial charge in [-0.3, -0.25) is 9.59 Å². The first-order valence-electron chi connectivity index (χ1n) is 8.71. The van der Waals surface area contributed by atoms with E-state index in [-0.39, 0.29) is 11.8 Å². The van der Waals surface area contributed by atoms with Crippen molar-refractivity contribution in [3.05, 3.63) is 35.4 Å². The van der Waals surface area contributed by atoms with Gasteiger partial charge in [0.25, 0.3) is 0 Å². The molecule has 1 fully saturated rings. The summed E-state index contributed by atoms with van der Waals surface area (Å²) in [5.41, 5.74) is 2.26. The molecule has 1 heterocycles. The molecular formula is C19H28N2O2. The third-order valence-corrected chi connectivity index (χ3v) is 4.42. The minimum Gasteiger partial charge on any atom is -0.341 e. The van der Waals surface area contributed by atoms with Crippen molar-refractivity contribution in [3.63, 3.8) is 0 Å². The lowest BCUT2D eigenvalue weighted by Crippen LogP contribution is -2.37. The number of hydrogen-bond donors (Lipinski definition) is 0. The van der Waals surface area contributed by atoms with Gasteiger partial charge in [0.05, 0.1) is 6.42 Å². The molecule has 0 aromatic heterocycles. The summed E-state index contributed by atoms with van der Waals surface area (Å²) in [5.74, 6) is 0.399. The first kappa shape index (κ1) is 17.5. The zero-order valence-electron chi connectivity index (χ0n) is 14.4. The molecule has 4 nitrogen and oxygen atoms in total. The van der Waals surface area contributed by atoms with Gasteiger partial charge in [-0.05, 0) is 25.3 Å². The van der Waals surface area contributed by atoms with Gasteiger partial charge in [-0.25, -0.2) is 0 Å². The van der Waals surface area contributed by atoms with Gasteiger partial charge in [-0.2, -0.15) is 0 Å². The Labute approximate surface area is 139 Å². The van der Waals surface area contributed by atoms with Crippen molar-refractivity contribution in [3.8, 4) is 0 Å². The number of aryl methyl sites for hydroxylation is 1. The first-order valence-corrected chi connectivity index (χ1v) is 8.71. The smallest absolute Gasteiger partial charge is 0.227 e. The van der Waals surface area contributed by atoms with Crippen molar-refractivity contribution in [2.24, 2.45) is 0 Å². The summed E-state index contributed by atoms with van der Waals surface area (Å²) in [6.07, 6.45) is 3.95. The SMILES string of the molecule is CCCCC(=O)N1CCCN(C(=O)Cc2ccc(C)cc2)CC1. The fraction of sp³-hybridized carbons (Fsp3) is 0.579. The third-order valence-electron chi connectivity index (χ3n) is 4.42. The van der Waals surface area contributed by atoms with E-state index in [2.05, 4.69) is 6.92 Å². The van der Waals surface area contributed by atoms with E-state index in [0.717, 1.165) is 37.9 Å². The maximum Gasteiger partial charge on any atom is 0.227 e. The highest BCUT2D eigenvalue weighted by Crippen LogP contribution is 2.10. The number of nitrogens with zero attached hydrogens (tertiary/aromatic N) is 2. The molecule has 4 heteroatoms. The van der Waals surface area contributed by atoms with Crippen molar-refractivity contribution in [2.75, 3.05) is 26.2 Å². The highest BCUT2D eigenvalue weighted by Gasteiger charge is 2.21. The Hall–Kier alpha value is -1.84. The summed E-state index contributed by atoms with van der Waals surface area (Å²) >= 11 is 0. The molecule has 0 unspecified atom stereocenters.